The standard InChI is InChI=1S/C18H26N2O4/c1-4-22-15-11-17-16(23-8-9-24-17)10-14(15)19-13-6-5-7-20(12(2)3)18(13)21/h10-13,19H,4-9H2,1-3H3. The molecule has 1 saturated heterocycles. The SMILES string of the molecule is CCOc1cc2c(cc1NC1CCCN(C(C)C)C1=O)OCCO2. The molecule has 1 amide bonds. The Balaban J connectivity index is 1.84. The van der Waals surface area contributed by atoms with Gasteiger partial charge in [0.25, 0.3) is 0 Å². The van der Waals surface area contributed by atoms with E-state index in [0.29, 0.717) is 37.1 Å². The van der Waals surface area contributed by atoms with Crippen LogP contribution in [0.5, 0.6) is 17.2 Å². The zero-order valence-electron chi connectivity index (χ0n) is 14.6. The van der Waals surface area contributed by atoms with Crippen LogP contribution in [0.2, 0.25) is 0 Å². The maximum atomic E-state index is 12.7. The van der Waals surface area contributed by atoms with Crippen LogP contribution < -0.4 is 19.5 Å². The third-order valence-corrected chi connectivity index (χ3v) is 4.37. The summed E-state index contributed by atoms with van der Waals surface area (Å²) < 4.78 is 17.0. The number of piperidine rings is 1. The summed E-state index contributed by atoms with van der Waals surface area (Å²) in [4.78, 5) is 14.6. The first-order chi connectivity index (χ1) is 11.6. The molecule has 0 spiro atoms. The predicted molar refractivity (Wildman–Crippen MR) is 92.1 cm³/mol. The fraction of sp³-hybridized carbons (Fsp3) is 0.611. The van der Waals surface area contributed by atoms with Gasteiger partial charge in [0.2, 0.25) is 5.91 Å². The molecule has 6 heteroatoms. The summed E-state index contributed by atoms with van der Waals surface area (Å²) in [6.07, 6.45) is 1.82. The van der Waals surface area contributed by atoms with Gasteiger partial charge < -0.3 is 24.4 Å². The van der Waals surface area contributed by atoms with Gasteiger partial charge in [0.05, 0.1) is 12.3 Å². The molecule has 6 nitrogen and oxygen atoms in total. The molecule has 0 aliphatic carbocycles. The van der Waals surface area contributed by atoms with Gasteiger partial charge in [0.15, 0.2) is 11.5 Å². The van der Waals surface area contributed by atoms with Crippen molar-refractivity contribution in [2.75, 3.05) is 31.7 Å². The molecule has 1 unspecified atom stereocenters. The molecule has 1 atom stereocenters. The first kappa shape index (κ1) is 16.7. The monoisotopic (exact) mass is 334 g/mol. The summed E-state index contributed by atoms with van der Waals surface area (Å²) in [5, 5.41) is 3.37. The minimum absolute atomic E-state index is 0.147. The van der Waals surface area contributed by atoms with Crippen LogP contribution in [0, 0.1) is 0 Å². The predicted octanol–water partition coefficient (Wildman–Crippen LogP) is 2.67. The number of nitrogens with one attached hydrogen (secondary N) is 1. The molecule has 1 N–H and O–H groups in total. The van der Waals surface area contributed by atoms with E-state index in [-0.39, 0.29) is 18.0 Å². The highest BCUT2D eigenvalue weighted by atomic mass is 16.6. The summed E-state index contributed by atoms with van der Waals surface area (Å²) in [5.41, 5.74) is 0.782. The quantitative estimate of drug-likeness (QED) is 0.897. The Morgan fingerprint density at radius 3 is 2.67 bits per heavy atom. The van der Waals surface area contributed by atoms with Gasteiger partial charge in [-0.15, -0.1) is 0 Å². The highest BCUT2D eigenvalue weighted by Crippen LogP contribution is 2.40. The van der Waals surface area contributed by atoms with E-state index in [1.54, 1.807) is 0 Å². The van der Waals surface area contributed by atoms with Crippen LogP contribution in [0.25, 0.3) is 0 Å². The molecule has 1 fully saturated rings. The molecular weight excluding hydrogens is 308 g/mol. The summed E-state index contributed by atoms with van der Waals surface area (Å²) in [6, 6.07) is 3.70. The smallest absolute Gasteiger partial charge is 0.245 e. The van der Waals surface area contributed by atoms with Crippen LogP contribution in [0.4, 0.5) is 5.69 Å². The topological polar surface area (TPSA) is 60.0 Å². The first-order valence-electron chi connectivity index (χ1n) is 8.73. The average Bonchev–Trinajstić information content (AvgIpc) is 2.57. The van der Waals surface area contributed by atoms with Crippen molar-refractivity contribution >= 4 is 11.6 Å². The van der Waals surface area contributed by atoms with E-state index in [1.165, 1.54) is 0 Å². The van der Waals surface area contributed by atoms with Crippen molar-refractivity contribution < 1.29 is 19.0 Å². The number of anilines is 1. The van der Waals surface area contributed by atoms with Gasteiger partial charge in [0.1, 0.15) is 25.0 Å². The number of rotatable bonds is 5. The Morgan fingerprint density at radius 2 is 2.00 bits per heavy atom. The van der Waals surface area contributed by atoms with Crippen LogP contribution >= 0.6 is 0 Å². The van der Waals surface area contributed by atoms with Crippen molar-refractivity contribution in [1.82, 2.24) is 4.90 Å². The minimum Gasteiger partial charge on any atom is -0.492 e. The zero-order chi connectivity index (χ0) is 17.1. The van der Waals surface area contributed by atoms with Crippen LogP contribution in [0.15, 0.2) is 12.1 Å². The second-order valence-electron chi connectivity index (χ2n) is 6.39. The molecular formula is C18H26N2O4. The Hall–Kier alpha value is -2.11. The first-order valence-corrected chi connectivity index (χ1v) is 8.73. The molecule has 24 heavy (non-hydrogen) atoms. The van der Waals surface area contributed by atoms with Crippen LogP contribution in [-0.4, -0.2) is 49.3 Å². The second-order valence-corrected chi connectivity index (χ2v) is 6.39. The number of nitrogens with zero attached hydrogens (tertiary/aromatic N) is 1. The molecule has 0 aromatic heterocycles. The van der Waals surface area contributed by atoms with E-state index in [0.717, 1.165) is 25.1 Å². The van der Waals surface area contributed by atoms with Crippen molar-refractivity contribution in [2.45, 2.75) is 45.7 Å². The molecule has 2 heterocycles. The van der Waals surface area contributed by atoms with Crippen molar-refractivity contribution in [3.05, 3.63) is 12.1 Å². The van der Waals surface area contributed by atoms with Gasteiger partial charge in [-0.2, -0.15) is 0 Å². The van der Waals surface area contributed by atoms with Gasteiger partial charge in [-0.05, 0) is 33.6 Å². The number of carbonyl (C=O) groups is 1. The van der Waals surface area contributed by atoms with Gasteiger partial charge >= 0.3 is 0 Å². The fourth-order valence-electron chi connectivity index (χ4n) is 3.19. The van der Waals surface area contributed by atoms with Crippen LogP contribution in [0.1, 0.15) is 33.6 Å². The highest BCUT2D eigenvalue weighted by Gasteiger charge is 2.31. The van der Waals surface area contributed by atoms with Gasteiger partial charge in [0, 0.05) is 24.7 Å². The number of carbonyl (C=O) groups excluding carboxylic acids is 1. The largest absolute Gasteiger partial charge is 0.492 e. The summed E-state index contributed by atoms with van der Waals surface area (Å²) in [6.45, 7) is 8.48. The molecule has 2 aliphatic heterocycles. The van der Waals surface area contributed by atoms with E-state index >= 15 is 0 Å². The maximum absolute atomic E-state index is 12.7. The second kappa shape index (κ2) is 7.20. The number of fused-ring (bicyclic) bond motifs is 1. The van der Waals surface area contributed by atoms with Crippen molar-refractivity contribution in [3.8, 4) is 17.2 Å². The zero-order valence-corrected chi connectivity index (χ0v) is 14.6. The number of amides is 1. The molecule has 3 rings (SSSR count). The Labute approximate surface area is 143 Å². The summed E-state index contributed by atoms with van der Waals surface area (Å²) in [7, 11) is 0. The average molecular weight is 334 g/mol. The lowest BCUT2D eigenvalue weighted by Crippen LogP contribution is -2.50. The van der Waals surface area contributed by atoms with E-state index < -0.39 is 0 Å². The lowest BCUT2D eigenvalue weighted by molar-refractivity contribution is -0.136. The van der Waals surface area contributed by atoms with Crippen LogP contribution in [0.3, 0.4) is 0 Å². The summed E-state index contributed by atoms with van der Waals surface area (Å²) in [5.74, 6) is 2.22. The molecule has 1 aromatic rings. The number of benzene rings is 1. The Bertz CT molecular complexity index is 603. The van der Waals surface area contributed by atoms with E-state index in [9.17, 15) is 4.79 Å². The van der Waals surface area contributed by atoms with E-state index in [2.05, 4.69) is 19.2 Å². The number of hydrogen-bond acceptors (Lipinski definition) is 5. The Morgan fingerprint density at radius 1 is 1.29 bits per heavy atom. The molecule has 1 aromatic carbocycles. The fourth-order valence-corrected chi connectivity index (χ4v) is 3.19. The lowest BCUT2D eigenvalue weighted by Gasteiger charge is -2.36. The van der Waals surface area contributed by atoms with Gasteiger partial charge in [-0.3, -0.25) is 4.79 Å². The highest BCUT2D eigenvalue weighted by molar-refractivity contribution is 5.86. The molecule has 132 valence electrons. The molecule has 0 bridgehead atoms. The third kappa shape index (κ3) is 3.37. The number of likely N-dealkylation sites (tertiary alicyclic amines) is 1. The van der Waals surface area contributed by atoms with E-state index in [1.807, 2.05) is 24.0 Å². The van der Waals surface area contributed by atoms with Crippen molar-refractivity contribution in [3.63, 3.8) is 0 Å². The Kier molecular flexibility index (Phi) is 5.02. The van der Waals surface area contributed by atoms with Gasteiger partial charge in [-0.1, -0.05) is 0 Å². The number of ether oxygens (including phenoxy) is 3. The van der Waals surface area contributed by atoms with Crippen molar-refractivity contribution in [2.24, 2.45) is 0 Å². The minimum atomic E-state index is -0.233. The van der Waals surface area contributed by atoms with Crippen LogP contribution in [-0.2, 0) is 4.79 Å². The van der Waals surface area contributed by atoms with E-state index in [4.69, 9.17) is 14.2 Å². The molecule has 2 aliphatic rings. The molecule has 0 saturated carbocycles. The van der Waals surface area contributed by atoms with Crippen molar-refractivity contribution in [1.29, 1.82) is 0 Å². The maximum Gasteiger partial charge on any atom is 0.245 e. The third-order valence-electron chi connectivity index (χ3n) is 4.37. The number of hydrogen-bond donors (Lipinski definition) is 1. The summed E-state index contributed by atoms with van der Waals surface area (Å²) >= 11 is 0. The molecule has 0 radical (unpaired) electrons. The normalized spacial score (nSPS) is 20.2. The van der Waals surface area contributed by atoms with Gasteiger partial charge in [-0.25, -0.2) is 0 Å². The lowest BCUT2D eigenvalue weighted by atomic mass is 10.0.